The number of amides is 1. The molecule has 0 fully saturated rings. The highest BCUT2D eigenvalue weighted by Gasteiger charge is 2.03. The average Bonchev–Trinajstić information content (AvgIpc) is 2.54. The Morgan fingerprint density at radius 2 is 1.77 bits per heavy atom. The summed E-state index contributed by atoms with van der Waals surface area (Å²) in [5.41, 5.74) is 3.89. The van der Waals surface area contributed by atoms with Crippen LogP contribution in [0.1, 0.15) is 15.9 Å². The second kappa shape index (κ2) is 6.41. The zero-order valence-corrected chi connectivity index (χ0v) is 12.4. The highest BCUT2D eigenvalue weighted by Crippen LogP contribution is 2.14. The van der Waals surface area contributed by atoms with E-state index in [-0.39, 0.29) is 5.91 Å². The third-order valence-corrected chi connectivity index (χ3v) is 3.48. The van der Waals surface area contributed by atoms with Gasteiger partial charge in [0.1, 0.15) is 0 Å². The van der Waals surface area contributed by atoms with E-state index in [0.717, 1.165) is 10.9 Å². The maximum atomic E-state index is 11.9. The number of nitrogens with one attached hydrogen (secondary N) is 1. The highest BCUT2D eigenvalue weighted by molar-refractivity contribution is 6.30. The molecule has 0 aliphatic rings. The van der Waals surface area contributed by atoms with Crippen molar-refractivity contribution in [2.45, 2.75) is 0 Å². The molecular weight excluding hydrogens is 296 g/mol. The van der Waals surface area contributed by atoms with E-state index in [4.69, 9.17) is 11.6 Å². The number of rotatable bonds is 3. The topological polar surface area (TPSA) is 41.5 Å². The fraction of sp³-hybridized carbons (Fsp3) is 0. The van der Waals surface area contributed by atoms with Crippen LogP contribution in [-0.4, -0.2) is 12.1 Å². The Hall–Kier alpha value is -2.65. The van der Waals surface area contributed by atoms with E-state index in [2.05, 4.69) is 16.6 Å². The van der Waals surface area contributed by atoms with Crippen molar-refractivity contribution in [3.8, 4) is 0 Å². The van der Waals surface area contributed by atoms with Crippen LogP contribution in [-0.2, 0) is 0 Å². The van der Waals surface area contributed by atoms with E-state index in [1.165, 1.54) is 5.39 Å². The van der Waals surface area contributed by atoms with Gasteiger partial charge in [-0.1, -0.05) is 54.1 Å². The summed E-state index contributed by atoms with van der Waals surface area (Å²) in [4.78, 5) is 11.9. The van der Waals surface area contributed by atoms with E-state index in [0.29, 0.717) is 10.6 Å². The number of carbonyl (C=O) groups is 1. The molecule has 0 aromatic heterocycles. The lowest BCUT2D eigenvalue weighted by molar-refractivity contribution is 0.0955. The van der Waals surface area contributed by atoms with Gasteiger partial charge in [0.2, 0.25) is 0 Å². The third-order valence-electron chi connectivity index (χ3n) is 3.24. The van der Waals surface area contributed by atoms with Gasteiger partial charge in [0.15, 0.2) is 0 Å². The molecule has 0 unspecified atom stereocenters. The van der Waals surface area contributed by atoms with Crippen LogP contribution in [0.4, 0.5) is 0 Å². The number of carbonyl (C=O) groups excluding carboxylic acids is 1. The van der Waals surface area contributed by atoms with Gasteiger partial charge >= 0.3 is 0 Å². The first-order valence-corrected chi connectivity index (χ1v) is 7.18. The lowest BCUT2D eigenvalue weighted by atomic mass is 10.1. The molecule has 1 N–H and O–H groups in total. The summed E-state index contributed by atoms with van der Waals surface area (Å²) >= 11 is 5.86. The minimum atomic E-state index is -0.292. The van der Waals surface area contributed by atoms with Crippen molar-refractivity contribution in [3.05, 3.63) is 82.9 Å². The number of hydrogen-bond donors (Lipinski definition) is 1. The molecule has 3 aromatic carbocycles. The first-order chi connectivity index (χ1) is 10.7. The van der Waals surface area contributed by atoms with Crippen LogP contribution >= 0.6 is 11.6 Å². The molecule has 0 spiro atoms. The van der Waals surface area contributed by atoms with Crippen LogP contribution in [0, 0.1) is 0 Å². The van der Waals surface area contributed by atoms with E-state index in [1.807, 2.05) is 36.4 Å². The molecule has 3 nitrogen and oxygen atoms in total. The van der Waals surface area contributed by atoms with E-state index in [9.17, 15) is 4.79 Å². The van der Waals surface area contributed by atoms with Gasteiger partial charge in [-0.2, -0.15) is 5.10 Å². The molecule has 0 atom stereocenters. The molecule has 0 aliphatic carbocycles. The summed E-state index contributed by atoms with van der Waals surface area (Å²) in [5, 5.41) is 6.81. The number of benzene rings is 3. The summed E-state index contributed by atoms with van der Waals surface area (Å²) in [7, 11) is 0. The molecule has 0 bridgehead atoms. The van der Waals surface area contributed by atoms with Gasteiger partial charge in [-0.25, -0.2) is 5.43 Å². The molecule has 0 aliphatic heterocycles. The van der Waals surface area contributed by atoms with E-state index < -0.39 is 0 Å². The van der Waals surface area contributed by atoms with Crippen LogP contribution in [0.2, 0.25) is 5.02 Å². The van der Waals surface area contributed by atoms with Gasteiger partial charge in [0, 0.05) is 10.6 Å². The summed E-state index contributed by atoms with van der Waals surface area (Å²) in [6.45, 7) is 0. The zero-order chi connectivity index (χ0) is 15.4. The fourth-order valence-corrected chi connectivity index (χ4v) is 2.34. The van der Waals surface area contributed by atoms with Gasteiger partial charge in [0.25, 0.3) is 5.91 Å². The summed E-state index contributed by atoms with van der Waals surface area (Å²) in [6, 6.07) is 20.8. The Kier molecular flexibility index (Phi) is 4.17. The number of hydrogen-bond acceptors (Lipinski definition) is 2. The fourth-order valence-electron chi connectivity index (χ4n) is 2.15. The molecular formula is C18H13ClN2O. The van der Waals surface area contributed by atoms with Crippen molar-refractivity contribution in [1.82, 2.24) is 5.43 Å². The quantitative estimate of drug-likeness (QED) is 0.570. The van der Waals surface area contributed by atoms with E-state index in [1.54, 1.807) is 30.5 Å². The van der Waals surface area contributed by atoms with Gasteiger partial charge in [-0.15, -0.1) is 0 Å². The van der Waals surface area contributed by atoms with Crippen molar-refractivity contribution in [3.63, 3.8) is 0 Å². The Morgan fingerprint density at radius 3 is 2.59 bits per heavy atom. The second-order valence-corrected chi connectivity index (χ2v) is 5.25. The SMILES string of the molecule is O=C(N/N=C\c1ccc2ccccc2c1)c1cccc(Cl)c1. The minimum Gasteiger partial charge on any atom is -0.267 e. The number of halogens is 1. The highest BCUT2D eigenvalue weighted by atomic mass is 35.5. The smallest absolute Gasteiger partial charge is 0.267 e. The molecule has 1 amide bonds. The monoisotopic (exact) mass is 308 g/mol. The average molecular weight is 309 g/mol. The molecule has 0 saturated heterocycles. The Bertz CT molecular complexity index is 858. The van der Waals surface area contributed by atoms with Crippen molar-refractivity contribution in [1.29, 1.82) is 0 Å². The zero-order valence-electron chi connectivity index (χ0n) is 11.7. The normalized spacial score (nSPS) is 11.0. The van der Waals surface area contributed by atoms with Crippen LogP contribution in [0.15, 0.2) is 71.8 Å². The van der Waals surface area contributed by atoms with Crippen molar-refractivity contribution in [2.75, 3.05) is 0 Å². The molecule has 0 heterocycles. The number of nitrogens with zero attached hydrogens (tertiary/aromatic N) is 1. The molecule has 0 saturated carbocycles. The minimum absolute atomic E-state index is 0.292. The van der Waals surface area contributed by atoms with Crippen LogP contribution in [0.25, 0.3) is 10.8 Å². The standard InChI is InChI=1S/C18H13ClN2O/c19-17-7-3-6-16(11-17)18(22)21-20-12-13-8-9-14-4-1-2-5-15(14)10-13/h1-12H,(H,21,22)/b20-12-. The van der Waals surface area contributed by atoms with Crippen LogP contribution in [0.3, 0.4) is 0 Å². The number of hydrazone groups is 1. The maximum absolute atomic E-state index is 11.9. The number of fused-ring (bicyclic) bond motifs is 1. The largest absolute Gasteiger partial charge is 0.271 e. The first kappa shape index (κ1) is 14.3. The summed E-state index contributed by atoms with van der Waals surface area (Å²) < 4.78 is 0. The lowest BCUT2D eigenvalue weighted by Gasteiger charge is -2.01. The van der Waals surface area contributed by atoms with Gasteiger partial charge in [0.05, 0.1) is 6.21 Å². The molecule has 4 heteroatoms. The van der Waals surface area contributed by atoms with Crippen LogP contribution in [0.5, 0.6) is 0 Å². The Balaban J connectivity index is 1.72. The van der Waals surface area contributed by atoms with Crippen molar-refractivity contribution in [2.24, 2.45) is 5.10 Å². The van der Waals surface area contributed by atoms with Gasteiger partial charge in [-0.05, 0) is 40.6 Å². The van der Waals surface area contributed by atoms with Crippen LogP contribution < -0.4 is 5.43 Å². The molecule has 3 rings (SSSR count). The van der Waals surface area contributed by atoms with Gasteiger partial charge < -0.3 is 0 Å². The van der Waals surface area contributed by atoms with Crippen molar-refractivity contribution < 1.29 is 4.79 Å². The maximum Gasteiger partial charge on any atom is 0.271 e. The third kappa shape index (κ3) is 3.32. The molecule has 108 valence electrons. The Labute approximate surface area is 133 Å². The van der Waals surface area contributed by atoms with Gasteiger partial charge in [-0.3, -0.25) is 4.79 Å². The predicted molar refractivity (Wildman–Crippen MR) is 90.5 cm³/mol. The lowest BCUT2D eigenvalue weighted by Crippen LogP contribution is -2.17. The second-order valence-electron chi connectivity index (χ2n) is 4.82. The van der Waals surface area contributed by atoms with Crippen molar-refractivity contribution >= 4 is 34.5 Å². The molecule has 22 heavy (non-hydrogen) atoms. The molecule has 0 radical (unpaired) electrons. The first-order valence-electron chi connectivity index (χ1n) is 6.80. The summed E-state index contributed by atoms with van der Waals surface area (Å²) in [5.74, 6) is -0.292. The Morgan fingerprint density at radius 1 is 0.955 bits per heavy atom. The summed E-state index contributed by atoms with van der Waals surface area (Å²) in [6.07, 6.45) is 1.62. The molecule has 3 aromatic rings. The predicted octanol–water partition coefficient (Wildman–Crippen LogP) is 4.26. The van der Waals surface area contributed by atoms with E-state index >= 15 is 0 Å².